The van der Waals surface area contributed by atoms with Crippen molar-refractivity contribution >= 4 is 15.7 Å². The van der Waals surface area contributed by atoms with E-state index in [0.29, 0.717) is 24.5 Å². The Hall–Kier alpha value is -2.33. The van der Waals surface area contributed by atoms with E-state index in [9.17, 15) is 13.2 Å². The molecular formula is C16H20N6O3S. The maximum absolute atomic E-state index is 13.0. The van der Waals surface area contributed by atoms with Crippen LogP contribution in [-0.4, -0.2) is 88.1 Å². The minimum Gasteiger partial charge on any atom is -0.332 e. The first-order chi connectivity index (χ1) is 12.3. The quantitative estimate of drug-likeness (QED) is 0.692. The molecule has 2 aliphatic rings. The summed E-state index contributed by atoms with van der Waals surface area (Å²) in [5.41, 5.74) is 1.31. The summed E-state index contributed by atoms with van der Waals surface area (Å²) in [5, 5.41) is 11.9. The lowest BCUT2D eigenvalue weighted by molar-refractivity contribution is 0.0410. The smallest absolute Gasteiger partial charge is 0.254 e. The Morgan fingerprint density at radius 1 is 1.08 bits per heavy atom. The number of amides is 1. The van der Waals surface area contributed by atoms with Crippen molar-refractivity contribution in [2.75, 3.05) is 31.6 Å². The molecule has 1 aromatic carbocycles. The molecule has 1 aromatic heterocycles. The van der Waals surface area contributed by atoms with Crippen molar-refractivity contribution in [3.05, 3.63) is 29.8 Å². The summed E-state index contributed by atoms with van der Waals surface area (Å²) in [6.07, 6.45) is 0. The van der Waals surface area contributed by atoms with Gasteiger partial charge in [0.25, 0.3) is 5.91 Å². The van der Waals surface area contributed by atoms with Gasteiger partial charge in [0.1, 0.15) is 0 Å². The van der Waals surface area contributed by atoms with Gasteiger partial charge in [-0.1, -0.05) is 12.1 Å². The van der Waals surface area contributed by atoms with Crippen LogP contribution in [0.1, 0.15) is 10.4 Å². The van der Waals surface area contributed by atoms with Crippen LogP contribution in [0.5, 0.6) is 0 Å². The van der Waals surface area contributed by atoms with Crippen LogP contribution in [0.2, 0.25) is 0 Å². The van der Waals surface area contributed by atoms with Gasteiger partial charge >= 0.3 is 0 Å². The van der Waals surface area contributed by atoms with E-state index in [1.54, 1.807) is 36.2 Å². The van der Waals surface area contributed by atoms with Crippen LogP contribution < -0.4 is 0 Å². The van der Waals surface area contributed by atoms with Crippen molar-refractivity contribution in [1.29, 1.82) is 0 Å². The maximum Gasteiger partial charge on any atom is 0.254 e. The van der Waals surface area contributed by atoms with E-state index in [2.05, 4.69) is 15.4 Å². The van der Waals surface area contributed by atoms with E-state index >= 15 is 0 Å². The second-order valence-electron chi connectivity index (χ2n) is 6.87. The fraction of sp³-hybridized carbons (Fsp3) is 0.500. The van der Waals surface area contributed by atoms with Crippen molar-refractivity contribution < 1.29 is 13.2 Å². The van der Waals surface area contributed by atoms with E-state index in [1.165, 1.54) is 4.80 Å². The average Bonchev–Trinajstić information content (AvgIpc) is 3.18. The summed E-state index contributed by atoms with van der Waals surface area (Å²) in [7, 11) is 0.496. The number of rotatable bonds is 2. The van der Waals surface area contributed by atoms with Crippen LogP contribution in [0.15, 0.2) is 24.3 Å². The molecule has 2 aliphatic heterocycles. The number of aryl methyl sites for hydroxylation is 1. The highest BCUT2D eigenvalue weighted by Gasteiger charge is 2.47. The van der Waals surface area contributed by atoms with Gasteiger partial charge in [-0.2, -0.15) is 4.80 Å². The number of carbonyl (C=O) groups is 1. The van der Waals surface area contributed by atoms with Gasteiger partial charge in [0, 0.05) is 30.3 Å². The molecule has 1 amide bonds. The number of piperazine rings is 1. The molecule has 2 fully saturated rings. The van der Waals surface area contributed by atoms with Crippen LogP contribution >= 0.6 is 0 Å². The van der Waals surface area contributed by atoms with Crippen LogP contribution in [0.4, 0.5) is 0 Å². The molecule has 26 heavy (non-hydrogen) atoms. The first-order valence-electron chi connectivity index (χ1n) is 8.40. The van der Waals surface area contributed by atoms with E-state index in [4.69, 9.17) is 0 Å². The molecule has 0 spiro atoms. The molecule has 4 rings (SSSR count). The number of sulfone groups is 1. The summed E-state index contributed by atoms with van der Waals surface area (Å²) in [4.78, 5) is 18.1. The standard InChI is InChI=1S/C16H20N6O3S/c1-20-7-8-22(14-10-26(24,25)9-13(14)20)16(23)12-5-3-11(4-6-12)15-17-19-21(2)18-15/h3-6,13-14H,7-10H2,1-2H3/t13-,14+/m1/s1. The molecule has 0 saturated carbocycles. The van der Waals surface area contributed by atoms with Gasteiger partial charge in [-0.05, 0) is 24.4 Å². The number of aromatic nitrogens is 4. The highest BCUT2D eigenvalue weighted by molar-refractivity contribution is 7.91. The normalized spacial score (nSPS) is 25.2. The molecule has 9 nitrogen and oxygen atoms in total. The van der Waals surface area contributed by atoms with Gasteiger partial charge in [0.2, 0.25) is 5.82 Å². The summed E-state index contributed by atoms with van der Waals surface area (Å²) < 4.78 is 24.1. The lowest BCUT2D eigenvalue weighted by Crippen LogP contribution is -2.59. The Kier molecular flexibility index (Phi) is 4.03. The lowest BCUT2D eigenvalue weighted by Gasteiger charge is -2.42. The third-order valence-electron chi connectivity index (χ3n) is 5.11. The molecular weight excluding hydrogens is 356 g/mol. The van der Waals surface area contributed by atoms with Crippen molar-refractivity contribution in [1.82, 2.24) is 30.0 Å². The highest BCUT2D eigenvalue weighted by Crippen LogP contribution is 2.27. The Morgan fingerprint density at radius 3 is 2.42 bits per heavy atom. The average molecular weight is 376 g/mol. The minimum absolute atomic E-state index is 0.0371. The molecule has 0 N–H and O–H groups in total. The van der Waals surface area contributed by atoms with Gasteiger partial charge < -0.3 is 4.90 Å². The van der Waals surface area contributed by atoms with Gasteiger partial charge in [-0.25, -0.2) is 8.42 Å². The molecule has 0 aliphatic carbocycles. The SMILES string of the molecule is CN1CCN(C(=O)c2ccc(-c3nnn(C)n3)cc2)[C@H]2CS(=O)(=O)C[C@H]21. The fourth-order valence-corrected chi connectivity index (χ4v) is 5.76. The summed E-state index contributed by atoms with van der Waals surface area (Å²) in [5.74, 6) is 0.516. The zero-order chi connectivity index (χ0) is 18.5. The van der Waals surface area contributed by atoms with Crippen LogP contribution in [0, 0.1) is 0 Å². The minimum atomic E-state index is -3.11. The zero-order valence-electron chi connectivity index (χ0n) is 14.6. The first kappa shape index (κ1) is 17.1. The lowest BCUT2D eigenvalue weighted by atomic mass is 10.0. The molecule has 2 saturated heterocycles. The molecule has 0 bridgehead atoms. The number of nitrogens with zero attached hydrogens (tertiary/aromatic N) is 6. The largest absolute Gasteiger partial charge is 0.332 e. The Morgan fingerprint density at radius 2 is 1.77 bits per heavy atom. The third kappa shape index (κ3) is 2.99. The monoisotopic (exact) mass is 376 g/mol. The maximum atomic E-state index is 13.0. The molecule has 138 valence electrons. The van der Waals surface area contributed by atoms with E-state index in [1.807, 2.05) is 11.9 Å². The van der Waals surface area contributed by atoms with E-state index in [0.717, 1.165) is 5.56 Å². The van der Waals surface area contributed by atoms with Crippen LogP contribution in [0.25, 0.3) is 11.4 Å². The summed E-state index contributed by atoms with van der Waals surface area (Å²) in [6.45, 7) is 1.20. The summed E-state index contributed by atoms with van der Waals surface area (Å²) in [6, 6.07) is 6.61. The first-order valence-corrected chi connectivity index (χ1v) is 10.2. The highest BCUT2D eigenvalue weighted by atomic mass is 32.2. The number of tetrazole rings is 1. The van der Waals surface area contributed by atoms with Gasteiger partial charge in [0.05, 0.1) is 24.6 Å². The number of carbonyl (C=O) groups excluding carboxylic acids is 1. The van der Waals surface area contributed by atoms with Crippen molar-refractivity contribution in [3.8, 4) is 11.4 Å². The fourth-order valence-electron chi connectivity index (χ4n) is 3.71. The summed E-state index contributed by atoms with van der Waals surface area (Å²) >= 11 is 0. The van der Waals surface area contributed by atoms with Crippen molar-refractivity contribution in [3.63, 3.8) is 0 Å². The Balaban J connectivity index is 1.57. The molecule has 3 heterocycles. The van der Waals surface area contributed by atoms with Gasteiger partial charge in [-0.3, -0.25) is 9.69 Å². The second-order valence-corrected chi connectivity index (χ2v) is 9.02. The van der Waals surface area contributed by atoms with Crippen LogP contribution in [-0.2, 0) is 16.9 Å². The molecule has 2 aromatic rings. The molecule has 0 radical (unpaired) electrons. The zero-order valence-corrected chi connectivity index (χ0v) is 15.4. The number of fused-ring (bicyclic) bond motifs is 1. The molecule has 2 atom stereocenters. The number of benzene rings is 1. The number of hydrogen-bond acceptors (Lipinski definition) is 7. The Bertz CT molecular complexity index is 939. The second kappa shape index (κ2) is 6.13. The van der Waals surface area contributed by atoms with Crippen LogP contribution in [0.3, 0.4) is 0 Å². The molecule has 10 heteroatoms. The van der Waals surface area contributed by atoms with Gasteiger partial charge in [0.15, 0.2) is 9.84 Å². The molecule has 0 unspecified atom stereocenters. The van der Waals surface area contributed by atoms with Crippen molar-refractivity contribution in [2.24, 2.45) is 7.05 Å². The number of hydrogen-bond donors (Lipinski definition) is 0. The van der Waals surface area contributed by atoms with E-state index in [-0.39, 0.29) is 29.5 Å². The van der Waals surface area contributed by atoms with Crippen molar-refractivity contribution in [2.45, 2.75) is 12.1 Å². The Labute approximate surface area is 151 Å². The predicted octanol–water partition coefficient (Wildman–Crippen LogP) is -0.570. The third-order valence-corrected chi connectivity index (χ3v) is 6.81. The number of likely N-dealkylation sites (N-methyl/N-ethyl adjacent to an activating group) is 1. The predicted molar refractivity (Wildman–Crippen MR) is 94.1 cm³/mol. The van der Waals surface area contributed by atoms with Gasteiger partial charge in [-0.15, -0.1) is 10.2 Å². The topological polar surface area (TPSA) is 101 Å². The van der Waals surface area contributed by atoms with E-state index < -0.39 is 9.84 Å².